The minimum Gasteiger partial charge on any atom is -0.377 e. The predicted molar refractivity (Wildman–Crippen MR) is 82.1 cm³/mol. The van der Waals surface area contributed by atoms with Crippen LogP contribution in [-0.4, -0.2) is 37.8 Å². The molecule has 0 amide bonds. The van der Waals surface area contributed by atoms with Crippen molar-refractivity contribution in [3.8, 4) is 0 Å². The van der Waals surface area contributed by atoms with E-state index in [-0.39, 0.29) is 0 Å². The third-order valence-corrected chi connectivity index (χ3v) is 3.77. The van der Waals surface area contributed by atoms with Crippen LogP contribution in [-0.2, 0) is 11.3 Å². The number of rotatable bonds is 3. The van der Waals surface area contributed by atoms with Gasteiger partial charge in [0.1, 0.15) is 5.82 Å². The lowest BCUT2D eigenvalue weighted by molar-refractivity contribution is 0.0987. The molecule has 0 radical (unpaired) electrons. The Hall–Kier alpha value is -1.65. The summed E-state index contributed by atoms with van der Waals surface area (Å²) in [5, 5.41) is 5.66. The minimum absolute atomic E-state index is 0.365. The van der Waals surface area contributed by atoms with Crippen molar-refractivity contribution >= 4 is 16.6 Å². The highest BCUT2D eigenvalue weighted by Gasteiger charge is 2.22. The average molecular weight is 271 g/mol. The van der Waals surface area contributed by atoms with Crippen LogP contribution >= 0.6 is 0 Å². The Morgan fingerprint density at radius 3 is 3.05 bits per heavy atom. The summed E-state index contributed by atoms with van der Waals surface area (Å²) in [4.78, 5) is 7.24. The monoisotopic (exact) mass is 271 g/mol. The largest absolute Gasteiger partial charge is 0.377 e. The summed E-state index contributed by atoms with van der Waals surface area (Å²) >= 11 is 0. The van der Waals surface area contributed by atoms with Crippen molar-refractivity contribution in [2.45, 2.75) is 19.5 Å². The summed E-state index contributed by atoms with van der Waals surface area (Å²) in [6, 6.07) is 11.0. The lowest BCUT2D eigenvalue weighted by Gasteiger charge is -2.35. The van der Waals surface area contributed by atoms with E-state index in [0.29, 0.717) is 6.04 Å². The van der Waals surface area contributed by atoms with Crippen molar-refractivity contribution in [3.05, 3.63) is 36.0 Å². The number of pyridine rings is 1. The van der Waals surface area contributed by atoms with Gasteiger partial charge in [-0.05, 0) is 25.4 Å². The Morgan fingerprint density at radius 1 is 1.40 bits per heavy atom. The minimum atomic E-state index is 0.365. The molecule has 4 heteroatoms. The molecular weight excluding hydrogens is 250 g/mol. The number of hydrogen-bond acceptors (Lipinski definition) is 4. The summed E-state index contributed by atoms with van der Waals surface area (Å²) < 4.78 is 5.54. The fourth-order valence-corrected chi connectivity index (χ4v) is 2.77. The normalized spacial score (nSPS) is 19.5. The number of morpholine rings is 1. The molecule has 0 spiro atoms. The van der Waals surface area contributed by atoms with Crippen LogP contribution in [0.3, 0.4) is 0 Å². The summed E-state index contributed by atoms with van der Waals surface area (Å²) in [5.74, 6) is 1.09. The first-order chi connectivity index (χ1) is 9.79. The molecule has 0 bridgehead atoms. The third-order valence-electron chi connectivity index (χ3n) is 3.77. The zero-order valence-electron chi connectivity index (χ0n) is 12.1. The van der Waals surface area contributed by atoms with Crippen LogP contribution in [0.25, 0.3) is 10.8 Å². The molecule has 1 aliphatic rings. The van der Waals surface area contributed by atoms with Crippen LogP contribution in [0.15, 0.2) is 30.3 Å². The molecular formula is C16H21N3O. The number of fused-ring (bicyclic) bond motifs is 1. The molecule has 1 aromatic carbocycles. The van der Waals surface area contributed by atoms with Gasteiger partial charge < -0.3 is 15.0 Å². The first-order valence-corrected chi connectivity index (χ1v) is 7.17. The number of ether oxygens (including phenoxy) is 1. The molecule has 1 atom stereocenters. The van der Waals surface area contributed by atoms with Gasteiger partial charge in [-0.15, -0.1) is 0 Å². The van der Waals surface area contributed by atoms with Crippen LogP contribution in [0.2, 0.25) is 0 Å². The lowest BCUT2D eigenvalue weighted by Crippen LogP contribution is -2.44. The number of aromatic nitrogens is 1. The van der Waals surface area contributed by atoms with Gasteiger partial charge in [-0.2, -0.15) is 0 Å². The molecule has 1 aliphatic heterocycles. The summed E-state index contributed by atoms with van der Waals surface area (Å²) in [6.45, 7) is 5.43. The zero-order chi connectivity index (χ0) is 13.9. The molecule has 2 aromatic rings. The zero-order valence-corrected chi connectivity index (χ0v) is 12.1. The van der Waals surface area contributed by atoms with E-state index in [1.165, 1.54) is 10.8 Å². The second kappa shape index (κ2) is 5.77. The van der Waals surface area contributed by atoms with Crippen molar-refractivity contribution in [2.24, 2.45) is 0 Å². The van der Waals surface area contributed by atoms with Gasteiger partial charge in [0, 0.05) is 18.5 Å². The van der Waals surface area contributed by atoms with Crippen molar-refractivity contribution in [1.82, 2.24) is 10.3 Å². The van der Waals surface area contributed by atoms with Gasteiger partial charge in [0.15, 0.2) is 0 Å². The maximum atomic E-state index is 5.54. The standard InChI is InChI=1S/C16H21N3O/c1-12-11-20-8-7-19(12)16-15-6-4-3-5-13(15)9-14(18-16)10-17-2/h3-6,9,12,17H,7-8,10-11H2,1-2H3. The molecule has 106 valence electrons. The SMILES string of the molecule is CNCc1cc2ccccc2c(N2CCOCC2C)n1. The smallest absolute Gasteiger partial charge is 0.137 e. The van der Waals surface area contributed by atoms with Gasteiger partial charge in [0.05, 0.1) is 24.9 Å². The second-order valence-corrected chi connectivity index (χ2v) is 5.31. The number of nitrogens with one attached hydrogen (secondary N) is 1. The highest BCUT2D eigenvalue weighted by Crippen LogP contribution is 2.28. The van der Waals surface area contributed by atoms with Gasteiger partial charge >= 0.3 is 0 Å². The van der Waals surface area contributed by atoms with E-state index < -0.39 is 0 Å². The van der Waals surface area contributed by atoms with E-state index in [2.05, 4.69) is 47.5 Å². The van der Waals surface area contributed by atoms with E-state index >= 15 is 0 Å². The quantitative estimate of drug-likeness (QED) is 0.928. The van der Waals surface area contributed by atoms with E-state index in [1.807, 2.05) is 7.05 Å². The van der Waals surface area contributed by atoms with Crippen molar-refractivity contribution < 1.29 is 4.74 Å². The predicted octanol–water partition coefficient (Wildman–Crippen LogP) is 2.18. The summed E-state index contributed by atoms with van der Waals surface area (Å²) in [5.41, 5.74) is 1.08. The molecule has 20 heavy (non-hydrogen) atoms. The molecule has 4 nitrogen and oxygen atoms in total. The van der Waals surface area contributed by atoms with Gasteiger partial charge in [-0.3, -0.25) is 0 Å². The summed E-state index contributed by atoms with van der Waals surface area (Å²) in [6.07, 6.45) is 0. The Balaban J connectivity index is 2.11. The van der Waals surface area contributed by atoms with Gasteiger partial charge in [0.25, 0.3) is 0 Å². The number of hydrogen-bond donors (Lipinski definition) is 1. The van der Waals surface area contributed by atoms with Gasteiger partial charge in [-0.25, -0.2) is 4.98 Å². The maximum absolute atomic E-state index is 5.54. The van der Waals surface area contributed by atoms with Crippen molar-refractivity contribution in [2.75, 3.05) is 31.7 Å². The summed E-state index contributed by atoms with van der Waals surface area (Å²) in [7, 11) is 1.95. The van der Waals surface area contributed by atoms with E-state index in [9.17, 15) is 0 Å². The van der Waals surface area contributed by atoms with Gasteiger partial charge in [0.2, 0.25) is 0 Å². The second-order valence-electron chi connectivity index (χ2n) is 5.31. The van der Waals surface area contributed by atoms with Crippen molar-refractivity contribution in [3.63, 3.8) is 0 Å². The first-order valence-electron chi connectivity index (χ1n) is 7.17. The first kappa shape index (κ1) is 13.3. The van der Waals surface area contributed by atoms with Crippen molar-refractivity contribution in [1.29, 1.82) is 0 Å². The Bertz CT molecular complexity index is 599. The Kier molecular flexibility index (Phi) is 3.85. The molecule has 1 saturated heterocycles. The fraction of sp³-hybridized carbons (Fsp3) is 0.438. The fourth-order valence-electron chi connectivity index (χ4n) is 2.77. The average Bonchev–Trinajstić information content (AvgIpc) is 2.47. The Labute approximate surface area is 119 Å². The molecule has 1 unspecified atom stereocenters. The molecule has 1 N–H and O–H groups in total. The van der Waals surface area contributed by atoms with Crippen LogP contribution in [0, 0.1) is 0 Å². The molecule has 2 heterocycles. The topological polar surface area (TPSA) is 37.4 Å². The molecule has 1 aromatic heterocycles. The van der Waals surface area contributed by atoms with E-state index in [0.717, 1.165) is 37.8 Å². The van der Waals surface area contributed by atoms with Gasteiger partial charge in [-0.1, -0.05) is 24.3 Å². The molecule has 1 fully saturated rings. The van der Waals surface area contributed by atoms with Crippen LogP contribution in [0.1, 0.15) is 12.6 Å². The van der Waals surface area contributed by atoms with Crippen LogP contribution < -0.4 is 10.2 Å². The van der Waals surface area contributed by atoms with E-state index in [4.69, 9.17) is 9.72 Å². The lowest BCUT2D eigenvalue weighted by atomic mass is 10.1. The third kappa shape index (κ3) is 2.49. The highest BCUT2D eigenvalue weighted by molar-refractivity contribution is 5.92. The maximum Gasteiger partial charge on any atom is 0.137 e. The Morgan fingerprint density at radius 2 is 2.25 bits per heavy atom. The number of nitrogens with zero attached hydrogens (tertiary/aromatic N) is 2. The number of benzene rings is 1. The number of anilines is 1. The van der Waals surface area contributed by atoms with Crippen LogP contribution in [0.5, 0.6) is 0 Å². The molecule has 3 rings (SSSR count). The van der Waals surface area contributed by atoms with Crippen LogP contribution in [0.4, 0.5) is 5.82 Å². The molecule has 0 saturated carbocycles. The van der Waals surface area contributed by atoms with E-state index in [1.54, 1.807) is 0 Å². The molecule has 0 aliphatic carbocycles. The highest BCUT2D eigenvalue weighted by atomic mass is 16.5.